The van der Waals surface area contributed by atoms with Crippen molar-refractivity contribution < 1.29 is 17.2 Å². The van der Waals surface area contributed by atoms with Crippen LogP contribution in [0.5, 0.6) is 0 Å². The molecule has 0 amide bonds. The molecule has 1 aromatic carbocycles. The summed E-state index contributed by atoms with van der Waals surface area (Å²) < 4.78 is 50.2. The van der Waals surface area contributed by atoms with Crippen LogP contribution in [0.1, 0.15) is 6.42 Å². The van der Waals surface area contributed by atoms with Crippen LogP contribution in [-0.4, -0.2) is 25.8 Å². The highest BCUT2D eigenvalue weighted by atomic mass is 35.5. The van der Waals surface area contributed by atoms with Crippen molar-refractivity contribution in [1.82, 2.24) is 0 Å². The molecular formula is C10H12ClF2NO2S2. The molecule has 0 aliphatic carbocycles. The average Bonchev–Trinajstić information content (AvgIpc) is 2.28. The van der Waals surface area contributed by atoms with E-state index in [1.165, 1.54) is 12.1 Å². The highest BCUT2D eigenvalue weighted by molar-refractivity contribution is 7.99. The highest BCUT2D eigenvalue weighted by Crippen LogP contribution is 2.32. The lowest BCUT2D eigenvalue weighted by Gasteiger charge is -2.11. The van der Waals surface area contributed by atoms with E-state index >= 15 is 0 Å². The van der Waals surface area contributed by atoms with Crippen LogP contribution in [0.3, 0.4) is 0 Å². The molecule has 0 unspecified atom stereocenters. The molecule has 1 aromatic rings. The summed E-state index contributed by atoms with van der Waals surface area (Å²) in [7, 11) is -3.55. The Kier molecular flexibility index (Phi) is 6.17. The van der Waals surface area contributed by atoms with Crippen molar-refractivity contribution in [2.75, 3.05) is 16.4 Å². The molecule has 0 heterocycles. The zero-order valence-corrected chi connectivity index (χ0v) is 11.7. The van der Waals surface area contributed by atoms with E-state index < -0.39 is 15.8 Å². The van der Waals surface area contributed by atoms with Gasteiger partial charge in [-0.25, -0.2) is 8.42 Å². The SMILES string of the molecule is O=S(=O)(CCCCl)Nc1ccccc1SC(F)F. The number of anilines is 1. The van der Waals surface area contributed by atoms with Gasteiger partial charge in [-0.1, -0.05) is 23.9 Å². The predicted molar refractivity (Wildman–Crippen MR) is 71.0 cm³/mol. The van der Waals surface area contributed by atoms with E-state index in [9.17, 15) is 17.2 Å². The van der Waals surface area contributed by atoms with Gasteiger partial charge >= 0.3 is 0 Å². The standard InChI is InChI=1S/C10H12ClF2NO2S2/c11-6-3-7-18(15,16)14-8-4-1-2-5-9(8)17-10(12)13/h1-2,4-5,10,14H,3,6-7H2. The number of rotatable bonds is 7. The maximum Gasteiger partial charge on any atom is 0.288 e. The zero-order valence-electron chi connectivity index (χ0n) is 9.27. The Morgan fingerprint density at radius 1 is 1.33 bits per heavy atom. The van der Waals surface area contributed by atoms with E-state index in [1.54, 1.807) is 12.1 Å². The quantitative estimate of drug-likeness (QED) is 0.620. The van der Waals surface area contributed by atoms with Crippen LogP contribution in [-0.2, 0) is 10.0 Å². The fourth-order valence-electron chi connectivity index (χ4n) is 1.21. The number of hydrogen-bond acceptors (Lipinski definition) is 3. The first-order valence-electron chi connectivity index (χ1n) is 5.05. The Labute approximate surface area is 114 Å². The van der Waals surface area contributed by atoms with Crippen LogP contribution in [0.4, 0.5) is 14.5 Å². The third-order valence-electron chi connectivity index (χ3n) is 1.92. The first-order chi connectivity index (χ1) is 8.44. The van der Waals surface area contributed by atoms with E-state index in [4.69, 9.17) is 11.6 Å². The lowest BCUT2D eigenvalue weighted by Crippen LogP contribution is -2.17. The third-order valence-corrected chi connectivity index (χ3v) is 4.33. The molecule has 1 N–H and O–H groups in total. The molecule has 0 saturated carbocycles. The van der Waals surface area contributed by atoms with Crippen molar-refractivity contribution in [3.63, 3.8) is 0 Å². The van der Waals surface area contributed by atoms with Crippen molar-refractivity contribution in [3.05, 3.63) is 24.3 Å². The molecule has 0 fully saturated rings. The number of nitrogens with one attached hydrogen (secondary N) is 1. The van der Waals surface area contributed by atoms with Gasteiger partial charge < -0.3 is 0 Å². The molecule has 0 aliphatic rings. The molecule has 0 atom stereocenters. The molecule has 102 valence electrons. The Bertz CT molecular complexity index is 483. The van der Waals surface area contributed by atoms with Crippen LogP contribution >= 0.6 is 23.4 Å². The van der Waals surface area contributed by atoms with Gasteiger partial charge in [0.2, 0.25) is 10.0 Å². The molecule has 0 aromatic heterocycles. The van der Waals surface area contributed by atoms with Gasteiger partial charge in [-0.05, 0) is 18.6 Å². The Balaban J connectivity index is 2.83. The number of thioether (sulfide) groups is 1. The highest BCUT2D eigenvalue weighted by Gasteiger charge is 2.14. The molecule has 0 saturated heterocycles. The summed E-state index contributed by atoms with van der Waals surface area (Å²) >= 11 is 5.72. The smallest absolute Gasteiger partial charge is 0.282 e. The number of hydrogen-bond donors (Lipinski definition) is 1. The fraction of sp³-hybridized carbons (Fsp3) is 0.400. The summed E-state index contributed by atoms with van der Waals surface area (Å²) in [6, 6.07) is 6.04. The molecule has 8 heteroatoms. The summed E-state index contributed by atoms with van der Waals surface area (Å²) in [5, 5.41) is 0. The first kappa shape index (κ1) is 15.5. The minimum atomic E-state index is -3.55. The Morgan fingerprint density at radius 2 is 2.00 bits per heavy atom. The van der Waals surface area contributed by atoms with Crippen molar-refractivity contribution in [2.24, 2.45) is 0 Å². The van der Waals surface area contributed by atoms with Crippen LogP contribution in [0.2, 0.25) is 0 Å². The summed E-state index contributed by atoms with van der Waals surface area (Å²) in [4.78, 5) is 0.196. The van der Waals surface area contributed by atoms with Crippen molar-refractivity contribution >= 4 is 39.1 Å². The third kappa shape index (κ3) is 5.41. The molecule has 3 nitrogen and oxygen atoms in total. The molecule has 1 rings (SSSR count). The summed E-state index contributed by atoms with van der Waals surface area (Å²) in [6.07, 6.45) is 0.307. The van der Waals surface area contributed by atoms with Crippen LogP contribution < -0.4 is 4.72 Å². The van der Waals surface area contributed by atoms with Gasteiger partial charge in [0.25, 0.3) is 5.76 Å². The van der Waals surface area contributed by atoms with E-state index in [-0.39, 0.29) is 22.2 Å². The maximum absolute atomic E-state index is 12.3. The predicted octanol–water partition coefficient (Wildman–Crippen LogP) is 3.37. The van der Waals surface area contributed by atoms with Gasteiger partial charge in [-0.3, -0.25) is 4.72 Å². The van der Waals surface area contributed by atoms with Gasteiger partial charge in [0.1, 0.15) is 0 Å². The minimum absolute atomic E-state index is 0.135. The van der Waals surface area contributed by atoms with Gasteiger partial charge in [-0.15, -0.1) is 11.6 Å². The minimum Gasteiger partial charge on any atom is -0.282 e. The first-order valence-corrected chi connectivity index (χ1v) is 8.11. The largest absolute Gasteiger partial charge is 0.288 e. The Morgan fingerprint density at radius 3 is 2.61 bits per heavy atom. The average molecular weight is 316 g/mol. The number of sulfonamides is 1. The van der Waals surface area contributed by atoms with E-state index in [2.05, 4.69) is 4.72 Å². The van der Waals surface area contributed by atoms with Crippen LogP contribution in [0, 0.1) is 0 Å². The van der Waals surface area contributed by atoms with Gasteiger partial charge in [0.15, 0.2) is 0 Å². The monoisotopic (exact) mass is 315 g/mol. The summed E-state index contributed by atoms with van der Waals surface area (Å²) in [5.41, 5.74) is 0.164. The normalized spacial score (nSPS) is 11.8. The van der Waals surface area contributed by atoms with Gasteiger partial charge in [-0.2, -0.15) is 8.78 Å². The molecular weight excluding hydrogens is 304 g/mol. The van der Waals surface area contributed by atoms with Crippen molar-refractivity contribution in [3.8, 4) is 0 Å². The Hall–Kier alpha value is -0.530. The topological polar surface area (TPSA) is 46.2 Å². The molecule has 0 aliphatic heterocycles. The van der Waals surface area contributed by atoms with Crippen molar-refractivity contribution in [1.29, 1.82) is 0 Å². The van der Waals surface area contributed by atoms with Crippen molar-refractivity contribution in [2.45, 2.75) is 17.1 Å². The lowest BCUT2D eigenvalue weighted by atomic mass is 10.3. The van der Waals surface area contributed by atoms with Gasteiger partial charge in [0, 0.05) is 10.8 Å². The molecule has 18 heavy (non-hydrogen) atoms. The van der Waals surface area contributed by atoms with E-state index in [0.29, 0.717) is 18.2 Å². The second kappa shape index (κ2) is 7.16. The van der Waals surface area contributed by atoms with E-state index in [1.807, 2.05) is 0 Å². The second-order valence-corrected chi connectivity index (χ2v) is 6.59. The van der Waals surface area contributed by atoms with E-state index in [0.717, 1.165) is 0 Å². The summed E-state index contributed by atoms with van der Waals surface area (Å²) in [6.45, 7) is 0. The zero-order chi connectivity index (χ0) is 13.6. The number of alkyl halides is 3. The van der Waals surface area contributed by atoms with Crippen LogP contribution in [0.15, 0.2) is 29.2 Å². The number of para-hydroxylation sites is 1. The number of benzene rings is 1. The molecule has 0 bridgehead atoms. The molecule has 0 spiro atoms. The van der Waals surface area contributed by atoms with Crippen LogP contribution in [0.25, 0.3) is 0 Å². The second-order valence-electron chi connectivity index (χ2n) is 3.34. The number of halogens is 3. The summed E-state index contributed by atoms with van der Waals surface area (Å²) in [5.74, 6) is -2.50. The fourth-order valence-corrected chi connectivity index (χ4v) is 3.30. The maximum atomic E-state index is 12.3. The lowest BCUT2D eigenvalue weighted by molar-refractivity contribution is 0.252. The molecule has 0 radical (unpaired) electrons. The van der Waals surface area contributed by atoms with Gasteiger partial charge in [0.05, 0.1) is 11.4 Å².